The highest BCUT2D eigenvalue weighted by molar-refractivity contribution is 5.96. The molecule has 11 heteroatoms. The van der Waals surface area contributed by atoms with Crippen molar-refractivity contribution < 1.29 is 33.4 Å². The zero-order valence-electron chi connectivity index (χ0n) is 27.5. The van der Waals surface area contributed by atoms with Crippen LogP contribution in [0.1, 0.15) is 65.0 Å². The Morgan fingerprint density at radius 2 is 1.37 bits per heavy atom. The summed E-state index contributed by atoms with van der Waals surface area (Å²) in [5.41, 5.74) is 1.63. The molecule has 46 heavy (non-hydrogen) atoms. The van der Waals surface area contributed by atoms with Crippen LogP contribution in [0.15, 0.2) is 60.7 Å². The molecule has 0 spiro atoms. The van der Waals surface area contributed by atoms with E-state index in [2.05, 4.69) is 16.0 Å². The number of ether oxygens (including phenoxy) is 2. The zero-order chi connectivity index (χ0) is 33.6. The molecule has 250 valence electrons. The predicted octanol–water partition coefficient (Wildman–Crippen LogP) is 4.59. The number of hydrogen-bond acceptors (Lipinski definition) is 7. The molecule has 2 aromatic rings. The number of benzene rings is 2. The summed E-state index contributed by atoms with van der Waals surface area (Å²) in [6, 6.07) is 15.8. The van der Waals surface area contributed by atoms with Crippen molar-refractivity contribution in [2.75, 3.05) is 13.1 Å². The summed E-state index contributed by atoms with van der Waals surface area (Å²) in [7, 11) is 0. The highest BCUT2D eigenvalue weighted by atomic mass is 16.6. The third-order valence-electron chi connectivity index (χ3n) is 8.14. The zero-order valence-corrected chi connectivity index (χ0v) is 27.5. The minimum Gasteiger partial charge on any atom is -0.445 e. The number of nitrogens with one attached hydrogen (secondary N) is 3. The van der Waals surface area contributed by atoms with E-state index in [-0.39, 0.29) is 49.2 Å². The van der Waals surface area contributed by atoms with Gasteiger partial charge in [0, 0.05) is 6.54 Å². The van der Waals surface area contributed by atoms with Crippen molar-refractivity contribution in [3.8, 4) is 0 Å². The maximum absolute atomic E-state index is 13.8. The lowest BCUT2D eigenvalue weighted by Crippen LogP contribution is -2.55. The first-order valence-corrected chi connectivity index (χ1v) is 16.0. The topological polar surface area (TPSA) is 143 Å². The van der Waals surface area contributed by atoms with Crippen LogP contribution in [-0.4, -0.2) is 65.9 Å². The Bertz CT molecular complexity index is 1300. The van der Waals surface area contributed by atoms with E-state index in [1.807, 2.05) is 95.3 Å². The second kappa shape index (κ2) is 17.9. The van der Waals surface area contributed by atoms with Gasteiger partial charge in [-0.3, -0.25) is 14.4 Å². The van der Waals surface area contributed by atoms with Gasteiger partial charge in [-0.05, 0) is 48.1 Å². The number of carbonyl (C=O) groups is 5. The molecule has 1 aliphatic heterocycles. The molecule has 0 aliphatic carbocycles. The fraction of sp³-hybridized carbons (Fsp3) is 0.514. The quantitative estimate of drug-likeness (QED) is 0.292. The Kier molecular flexibility index (Phi) is 14.0. The van der Waals surface area contributed by atoms with Gasteiger partial charge in [-0.25, -0.2) is 9.59 Å². The van der Waals surface area contributed by atoms with Gasteiger partial charge in [0.2, 0.25) is 11.8 Å². The lowest BCUT2D eigenvalue weighted by atomic mass is 9.89. The Hall–Kier alpha value is -4.41. The first-order chi connectivity index (χ1) is 21.9. The van der Waals surface area contributed by atoms with E-state index in [1.165, 1.54) is 4.90 Å². The second-order valence-electron chi connectivity index (χ2n) is 12.6. The summed E-state index contributed by atoms with van der Waals surface area (Å²) in [4.78, 5) is 67.1. The molecule has 1 aliphatic rings. The normalized spacial score (nSPS) is 17.0. The maximum Gasteiger partial charge on any atom is 0.408 e. The highest BCUT2D eigenvalue weighted by Gasteiger charge is 2.36. The number of hydrogen-bond donors (Lipinski definition) is 3. The maximum atomic E-state index is 13.8. The van der Waals surface area contributed by atoms with Gasteiger partial charge in [0.25, 0.3) is 0 Å². The number of Topliss-reactive ketones (excluding diaryl/α,β-unsaturated/α-hetero) is 1. The molecular formula is C35H48N4O7. The van der Waals surface area contributed by atoms with Gasteiger partial charge in [0.15, 0.2) is 5.78 Å². The summed E-state index contributed by atoms with van der Waals surface area (Å²) in [5.74, 6) is -1.29. The molecule has 4 atom stereocenters. The minimum atomic E-state index is -0.903. The summed E-state index contributed by atoms with van der Waals surface area (Å²) in [6.45, 7) is 9.84. The Morgan fingerprint density at radius 1 is 0.826 bits per heavy atom. The molecule has 0 bridgehead atoms. The molecule has 3 N–H and O–H groups in total. The van der Waals surface area contributed by atoms with Crippen molar-refractivity contribution in [2.24, 2.45) is 17.8 Å². The van der Waals surface area contributed by atoms with Crippen molar-refractivity contribution in [3.63, 3.8) is 0 Å². The minimum absolute atomic E-state index is 0.0582. The number of carbonyl (C=O) groups excluding carboxylic acids is 5. The van der Waals surface area contributed by atoms with Crippen LogP contribution < -0.4 is 16.0 Å². The van der Waals surface area contributed by atoms with Gasteiger partial charge in [0.05, 0.1) is 12.6 Å². The molecule has 0 aromatic heterocycles. The van der Waals surface area contributed by atoms with Crippen LogP contribution in [0.4, 0.5) is 9.59 Å². The molecule has 1 heterocycles. The number of nitrogens with zero attached hydrogens (tertiary/aromatic N) is 1. The molecule has 2 unspecified atom stereocenters. The van der Waals surface area contributed by atoms with Crippen LogP contribution in [0.5, 0.6) is 0 Å². The molecule has 3 rings (SSSR count). The monoisotopic (exact) mass is 636 g/mol. The molecule has 4 amide bonds. The lowest BCUT2D eigenvalue weighted by molar-refractivity contribution is -0.138. The van der Waals surface area contributed by atoms with Crippen LogP contribution in [0, 0.1) is 17.8 Å². The van der Waals surface area contributed by atoms with Gasteiger partial charge in [0.1, 0.15) is 25.3 Å². The van der Waals surface area contributed by atoms with Gasteiger partial charge in [-0.15, -0.1) is 0 Å². The van der Waals surface area contributed by atoms with Gasteiger partial charge >= 0.3 is 12.2 Å². The van der Waals surface area contributed by atoms with E-state index >= 15 is 0 Å². The van der Waals surface area contributed by atoms with Crippen molar-refractivity contribution >= 4 is 29.8 Å². The number of likely N-dealkylation sites (tertiary alicyclic amines) is 1. The second-order valence-corrected chi connectivity index (χ2v) is 12.6. The fourth-order valence-electron chi connectivity index (χ4n) is 5.14. The average Bonchev–Trinajstić information content (AvgIpc) is 3.22. The van der Waals surface area contributed by atoms with Gasteiger partial charge in [-0.2, -0.15) is 0 Å². The van der Waals surface area contributed by atoms with Gasteiger partial charge in [-0.1, -0.05) is 95.3 Å². The average molecular weight is 637 g/mol. The lowest BCUT2D eigenvalue weighted by Gasteiger charge is -2.31. The summed E-state index contributed by atoms with van der Waals surface area (Å²) < 4.78 is 10.7. The molecule has 2 aromatic carbocycles. The van der Waals surface area contributed by atoms with Crippen LogP contribution in [-0.2, 0) is 37.1 Å². The van der Waals surface area contributed by atoms with E-state index in [4.69, 9.17) is 9.47 Å². The summed E-state index contributed by atoms with van der Waals surface area (Å²) in [6.07, 6.45) is -0.303. The largest absolute Gasteiger partial charge is 0.445 e. The number of alkyl carbamates (subject to hydrolysis) is 2. The molecular weight excluding hydrogens is 588 g/mol. The number of rotatable bonds is 13. The summed E-state index contributed by atoms with van der Waals surface area (Å²) in [5, 5.41) is 8.17. The Balaban J connectivity index is 1.60. The van der Waals surface area contributed by atoms with Crippen LogP contribution >= 0.6 is 0 Å². The smallest absolute Gasteiger partial charge is 0.408 e. The molecule has 0 radical (unpaired) electrons. The van der Waals surface area contributed by atoms with E-state index in [1.54, 1.807) is 0 Å². The van der Waals surface area contributed by atoms with Gasteiger partial charge < -0.3 is 30.3 Å². The Labute approximate surface area is 271 Å². The molecule has 0 saturated carbocycles. The number of amides is 4. The van der Waals surface area contributed by atoms with E-state index in [9.17, 15) is 24.0 Å². The van der Waals surface area contributed by atoms with Crippen LogP contribution in [0.2, 0.25) is 0 Å². The Morgan fingerprint density at radius 3 is 1.89 bits per heavy atom. The molecule has 1 fully saturated rings. The van der Waals surface area contributed by atoms with Crippen LogP contribution in [0.25, 0.3) is 0 Å². The molecule has 11 nitrogen and oxygen atoms in total. The van der Waals surface area contributed by atoms with Crippen LogP contribution in [0.3, 0.4) is 0 Å². The fourth-order valence-corrected chi connectivity index (χ4v) is 5.14. The predicted molar refractivity (Wildman–Crippen MR) is 173 cm³/mol. The summed E-state index contributed by atoms with van der Waals surface area (Å²) >= 11 is 0. The number of ketones is 1. The standard InChI is InChI=1S/C35H48N4O7/c1-23(2)19-29(37-34(43)45-21-26-13-8-6-9-14-26)32(41)36-28-17-12-18-39(20-30(28)40)33(42)31(25(5)24(3)4)38-35(44)46-22-27-15-10-7-11-16-27/h6-11,13-16,23-25,28-29,31H,12,17-22H2,1-5H3,(H,36,41)(H,37,43)(H,38,44)/t25-,28?,29+,31?/m1/s1. The SMILES string of the molecule is CC(C)C[C@H](NC(=O)OCc1ccccc1)C(=O)NC1CCCN(C(=O)C(NC(=O)OCc2ccccc2)[C@H](C)C(C)C)CC1=O. The van der Waals surface area contributed by atoms with Crippen molar-refractivity contribution in [1.82, 2.24) is 20.9 Å². The van der Waals surface area contributed by atoms with E-state index in [0.717, 1.165) is 11.1 Å². The third kappa shape index (κ3) is 11.5. The van der Waals surface area contributed by atoms with Crippen molar-refractivity contribution in [1.29, 1.82) is 0 Å². The van der Waals surface area contributed by atoms with Crippen molar-refractivity contribution in [2.45, 2.75) is 85.2 Å². The first kappa shape index (κ1) is 36.1. The first-order valence-electron chi connectivity index (χ1n) is 16.0. The van der Waals surface area contributed by atoms with Crippen molar-refractivity contribution in [3.05, 3.63) is 71.8 Å². The highest BCUT2D eigenvalue weighted by Crippen LogP contribution is 2.19. The van der Waals surface area contributed by atoms with E-state index < -0.39 is 36.2 Å². The molecule has 1 saturated heterocycles. The van der Waals surface area contributed by atoms with E-state index in [0.29, 0.717) is 25.8 Å². The third-order valence-corrected chi connectivity index (χ3v) is 8.14.